The molecule has 1 heterocycles. The molecule has 0 fully saturated rings. The van der Waals surface area contributed by atoms with Crippen LogP contribution >= 0.6 is 11.6 Å². The van der Waals surface area contributed by atoms with E-state index in [1.54, 1.807) is 36.6 Å². The number of ether oxygens (including phenoxy) is 1. The largest absolute Gasteiger partial charge is 0.486 e. The highest BCUT2D eigenvalue weighted by molar-refractivity contribution is 6.31. The molecule has 0 spiro atoms. The summed E-state index contributed by atoms with van der Waals surface area (Å²) in [6, 6.07) is 11.7. The number of para-hydroxylation sites is 1. The van der Waals surface area contributed by atoms with Crippen molar-refractivity contribution >= 4 is 22.6 Å². The number of fused-ring (bicyclic) bond motifs is 1. The molecular formula is C15H10ClFO2. The molecule has 3 aromatic rings. The number of furan rings is 1. The third-order valence-electron chi connectivity index (χ3n) is 2.84. The van der Waals surface area contributed by atoms with Gasteiger partial charge in [0.2, 0.25) is 0 Å². The van der Waals surface area contributed by atoms with Crippen LogP contribution in [0.3, 0.4) is 0 Å². The maximum atomic E-state index is 13.4. The molecule has 4 heteroatoms. The van der Waals surface area contributed by atoms with Crippen LogP contribution in [0.4, 0.5) is 4.39 Å². The van der Waals surface area contributed by atoms with Crippen LogP contribution in [0.2, 0.25) is 5.02 Å². The minimum absolute atomic E-state index is 0.228. The molecule has 0 saturated heterocycles. The summed E-state index contributed by atoms with van der Waals surface area (Å²) in [6.45, 7) is 0.246. The average Bonchev–Trinajstić information content (AvgIpc) is 2.80. The monoisotopic (exact) mass is 276 g/mol. The van der Waals surface area contributed by atoms with Gasteiger partial charge in [0.1, 0.15) is 12.2 Å². The van der Waals surface area contributed by atoms with Gasteiger partial charge in [-0.05, 0) is 30.3 Å². The highest BCUT2D eigenvalue weighted by atomic mass is 35.5. The molecule has 2 nitrogen and oxygen atoms in total. The van der Waals surface area contributed by atoms with Gasteiger partial charge in [-0.25, -0.2) is 4.39 Å². The van der Waals surface area contributed by atoms with Crippen molar-refractivity contribution in [2.24, 2.45) is 0 Å². The first-order valence-electron chi connectivity index (χ1n) is 5.77. The summed E-state index contributed by atoms with van der Waals surface area (Å²) in [5, 5.41) is 1.53. The zero-order valence-corrected chi connectivity index (χ0v) is 10.7. The van der Waals surface area contributed by atoms with Crippen LogP contribution in [0.15, 0.2) is 53.1 Å². The van der Waals surface area contributed by atoms with E-state index >= 15 is 0 Å². The number of benzene rings is 2. The summed E-state index contributed by atoms with van der Waals surface area (Å²) >= 11 is 5.88. The van der Waals surface area contributed by atoms with E-state index < -0.39 is 0 Å². The molecule has 96 valence electrons. The third-order valence-corrected chi connectivity index (χ3v) is 3.07. The first kappa shape index (κ1) is 12.1. The molecule has 0 aliphatic heterocycles. The lowest BCUT2D eigenvalue weighted by atomic mass is 10.2. The highest BCUT2D eigenvalue weighted by Gasteiger charge is 2.08. The fourth-order valence-electron chi connectivity index (χ4n) is 1.89. The molecule has 0 amide bonds. The molecule has 0 atom stereocenters. The quantitative estimate of drug-likeness (QED) is 0.685. The van der Waals surface area contributed by atoms with Crippen molar-refractivity contribution in [3.05, 3.63) is 65.1 Å². The Hall–Kier alpha value is -2.00. The van der Waals surface area contributed by atoms with E-state index in [9.17, 15) is 4.39 Å². The maximum absolute atomic E-state index is 13.4. The Kier molecular flexibility index (Phi) is 3.13. The van der Waals surface area contributed by atoms with Gasteiger partial charge in [0.15, 0.2) is 11.6 Å². The second-order valence-corrected chi connectivity index (χ2v) is 4.56. The molecule has 0 aliphatic carbocycles. The second kappa shape index (κ2) is 4.94. The lowest BCUT2D eigenvalue weighted by Gasteiger charge is -2.05. The Balaban J connectivity index is 1.84. The van der Waals surface area contributed by atoms with Crippen LogP contribution in [0.5, 0.6) is 5.75 Å². The molecule has 0 saturated carbocycles. The zero-order chi connectivity index (χ0) is 13.2. The number of rotatable bonds is 3. The number of halogens is 2. The van der Waals surface area contributed by atoms with E-state index in [1.165, 1.54) is 6.07 Å². The van der Waals surface area contributed by atoms with Crippen LogP contribution in [-0.4, -0.2) is 0 Å². The van der Waals surface area contributed by atoms with Gasteiger partial charge in [-0.15, -0.1) is 0 Å². The van der Waals surface area contributed by atoms with Crippen molar-refractivity contribution in [2.45, 2.75) is 6.61 Å². The van der Waals surface area contributed by atoms with E-state index in [0.717, 1.165) is 10.9 Å². The third kappa shape index (κ3) is 2.42. The average molecular weight is 277 g/mol. The van der Waals surface area contributed by atoms with Gasteiger partial charge < -0.3 is 9.15 Å². The van der Waals surface area contributed by atoms with Crippen LogP contribution < -0.4 is 4.74 Å². The first-order valence-corrected chi connectivity index (χ1v) is 6.15. The Bertz CT molecular complexity index is 721. The topological polar surface area (TPSA) is 22.4 Å². The number of hydrogen-bond acceptors (Lipinski definition) is 2. The summed E-state index contributed by atoms with van der Waals surface area (Å²) in [6.07, 6.45) is 1.60. The van der Waals surface area contributed by atoms with Gasteiger partial charge in [-0.2, -0.15) is 0 Å². The van der Waals surface area contributed by atoms with E-state index in [2.05, 4.69) is 0 Å². The smallest absolute Gasteiger partial charge is 0.165 e. The van der Waals surface area contributed by atoms with Gasteiger partial charge in [0, 0.05) is 16.0 Å². The summed E-state index contributed by atoms with van der Waals surface area (Å²) in [5.74, 6) is -0.149. The molecule has 0 aliphatic rings. The summed E-state index contributed by atoms with van der Waals surface area (Å²) in [5.41, 5.74) is 1.55. The fraction of sp³-hybridized carbons (Fsp3) is 0.0667. The van der Waals surface area contributed by atoms with Gasteiger partial charge in [0.25, 0.3) is 0 Å². The van der Waals surface area contributed by atoms with Crippen molar-refractivity contribution in [3.63, 3.8) is 0 Å². The molecular weight excluding hydrogens is 267 g/mol. The Morgan fingerprint density at radius 3 is 2.84 bits per heavy atom. The summed E-state index contributed by atoms with van der Waals surface area (Å²) < 4.78 is 24.3. The van der Waals surface area contributed by atoms with Crippen LogP contribution in [-0.2, 0) is 6.61 Å². The lowest BCUT2D eigenvalue weighted by molar-refractivity contribution is 0.290. The van der Waals surface area contributed by atoms with E-state index in [-0.39, 0.29) is 18.2 Å². The minimum atomic E-state index is -0.377. The van der Waals surface area contributed by atoms with Gasteiger partial charge >= 0.3 is 0 Å². The first-order chi connectivity index (χ1) is 9.24. The van der Waals surface area contributed by atoms with Gasteiger partial charge in [0.05, 0.1) is 6.26 Å². The fourth-order valence-corrected chi connectivity index (χ4v) is 2.05. The van der Waals surface area contributed by atoms with Crippen LogP contribution in [0.25, 0.3) is 11.0 Å². The molecule has 3 rings (SSSR count). The SMILES string of the molecule is Fc1ccccc1OCc1coc2cc(Cl)ccc12. The van der Waals surface area contributed by atoms with Crippen molar-refractivity contribution in [1.29, 1.82) is 0 Å². The predicted molar refractivity (Wildman–Crippen MR) is 72.0 cm³/mol. The molecule has 2 aromatic carbocycles. The molecule has 1 aromatic heterocycles. The Morgan fingerprint density at radius 2 is 2.00 bits per heavy atom. The molecule has 19 heavy (non-hydrogen) atoms. The summed E-state index contributed by atoms with van der Waals surface area (Å²) in [4.78, 5) is 0. The van der Waals surface area contributed by atoms with Crippen LogP contribution in [0.1, 0.15) is 5.56 Å². The normalized spacial score (nSPS) is 10.8. The predicted octanol–water partition coefficient (Wildman–Crippen LogP) is 4.80. The molecule has 0 bridgehead atoms. The Labute approximate surface area is 114 Å². The minimum Gasteiger partial charge on any atom is -0.486 e. The van der Waals surface area contributed by atoms with Gasteiger partial charge in [-0.1, -0.05) is 23.7 Å². The second-order valence-electron chi connectivity index (χ2n) is 4.12. The standard InChI is InChI=1S/C15H10ClFO2/c16-11-5-6-12-10(9-19-15(12)7-11)8-18-14-4-2-1-3-13(14)17/h1-7,9H,8H2. The zero-order valence-electron chi connectivity index (χ0n) is 9.90. The van der Waals surface area contributed by atoms with Crippen molar-refractivity contribution < 1.29 is 13.5 Å². The van der Waals surface area contributed by atoms with E-state index in [4.69, 9.17) is 20.8 Å². The van der Waals surface area contributed by atoms with Crippen LogP contribution in [0, 0.1) is 5.82 Å². The van der Waals surface area contributed by atoms with E-state index in [0.29, 0.717) is 10.6 Å². The molecule has 0 N–H and O–H groups in total. The molecule has 0 radical (unpaired) electrons. The summed E-state index contributed by atoms with van der Waals surface area (Å²) in [7, 11) is 0. The van der Waals surface area contributed by atoms with Crippen molar-refractivity contribution in [3.8, 4) is 5.75 Å². The van der Waals surface area contributed by atoms with Crippen molar-refractivity contribution in [2.75, 3.05) is 0 Å². The van der Waals surface area contributed by atoms with Gasteiger partial charge in [-0.3, -0.25) is 0 Å². The van der Waals surface area contributed by atoms with Crippen molar-refractivity contribution in [1.82, 2.24) is 0 Å². The Morgan fingerprint density at radius 1 is 1.16 bits per heavy atom. The highest BCUT2D eigenvalue weighted by Crippen LogP contribution is 2.26. The maximum Gasteiger partial charge on any atom is 0.165 e. The van der Waals surface area contributed by atoms with E-state index in [1.807, 2.05) is 6.07 Å². The molecule has 0 unspecified atom stereocenters. The lowest BCUT2D eigenvalue weighted by Crippen LogP contribution is -1.96. The number of hydrogen-bond donors (Lipinski definition) is 0.